The van der Waals surface area contributed by atoms with Crippen LogP contribution >= 0.6 is 0 Å². The lowest BCUT2D eigenvalue weighted by atomic mass is 9.94. The van der Waals surface area contributed by atoms with Gasteiger partial charge in [-0.15, -0.1) is 0 Å². The molecule has 1 unspecified atom stereocenters. The molecule has 0 saturated heterocycles. The van der Waals surface area contributed by atoms with Crippen LogP contribution in [0.2, 0.25) is 0 Å². The smallest absolute Gasteiger partial charge is 0.308 e. The molecule has 1 heterocycles. The molecular weight excluding hydrogens is 298 g/mol. The number of hydrogen-bond acceptors (Lipinski definition) is 4. The number of aliphatic carboxylic acids is 1. The van der Waals surface area contributed by atoms with Crippen LogP contribution in [0.4, 0.5) is 0 Å². The van der Waals surface area contributed by atoms with Crippen molar-refractivity contribution in [3.05, 3.63) is 22.6 Å². The van der Waals surface area contributed by atoms with Crippen molar-refractivity contribution in [2.75, 3.05) is 6.54 Å². The molecule has 1 aromatic heterocycles. The van der Waals surface area contributed by atoms with E-state index in [2.05, 4.69) is 5.32 Å². The van der Waals surface area contributed by atoms with E-state index < -0.39 is 17.8 Å². The first-order chi connectivity index (χ1) is 10.8. The fourth-order valence-corrected chi connectivity index (χ4v) is 3.00. The molecule has 1 amide bonds. The summed E-state index contributed by atoms with van der Waals surface area (Å²) < 4.78 is 5.56. The molecule has 2 N–H and O–H groups in total. The van der Waals surface area contributed by atoms with E-state index in [4.69, 9.17) is 4.42 Å². The standard InChI is InChI=1S/C17H23NO5/c1-9(2)7-11(17(21)22)8-18-16(20)15-10(3)14-12(19)5-4-6-13(14)23-15/h9,11H,4-8H2,1-3H3,(H,18,20)(H,21,22). The molecule has 1 aliphatic carbocycles. The number of hydrogen-bond donors (Lipinski definition) is 2. The zero-order valence-electron chi connectivity index (χ0n) is 13.8. The molecule has 6 heteroatoms. The van der Waals surface area contributed by atoms with Crippen LogP contribution in [0.1, 0.15) is 65.3 Å². The third-order valence-corrected chi connectivity index (χ3v) is 4.13. The minimum Gasteiger partial charge on any atom is -0.481 e. The summed E-state index contributed by atoms with van der Waals surface area (Å²) >= 11 is 0. The Hall–Kier alpha value is -2.11. The quantitative estimate of drug-likeness (QED) is 0.839. The van der Waals surface area contributed by atoms with Gasteiger partial charge in [-0.05, 0) is 25.7 Å². The predicted molar refractivity (Wildman–Crippen MR) is 83.6 cm³/mol. The fraction of sp³-hybridized carbons (Fsp3) is 0.588. The SMILES string of the molecule is Cc1c(C(=O)NCC(CC(C)C)C(=O)O)oc2c1C(=O)CCC2. The van der Waals surface area contributed by atoms with E-state index in [9.17, 15) is 19.5 Å². The number of carboxylic acid groups (broad SMARTS) is 1. The first-order valence-electron chi connectivity index (χ1n) is 7.97. The monoisotopic (exact) mass is 321 g/mol. The zero-order chi connectivity index (χ0) is 17.1. The normalized spacial score (nSPS) is 15.4. The number of ketones is 1. The second kappa shape index (κ2) is 6.98. The van der Waals surface area contributed by atoms with Crippen LogP contribution in [-0.4, -0.2) is 29.3 Å². The van der Waals surface area contributed by atoms with E-state index in [1.54, 1.807) is 6.92 Å². The van der Waals surface area contributed by atoms with Gasteiger partial charge in [0.05, 0.1) is 11.5 Å². The van der Waals surface area contributed by atoms with E-state index in [0.717, 1.165) is 6.42 Å². The Morgan fingerprint density at radius 2 is 2.00 bits per heavy atom. The highest BCUT2D eigenvalue weighted by Crippen LogP contribution is 2.29. The average Bonchev–Trinajstić information content (AvgIpc) is 2.81. The van der Waals surface area contributed by atoms with Crippen molar-refractivity contribution >= 4 is 17.7 Å². The number of fused-ring (bicyclic) bond motifs is 1. The number of aryl methyl sites for hydroxylation is 1. The molecule has 23 heavy (non-hydrogen) atoms. The molecule has 126 valence electrons. The second-order valence-electron chi connectivity index (χ2n) is 6.51. The molecular formula is C17H23NO5. The van der Waals surface area contributed by atoms with Crippen LogP contribution in [-0.2, 0) is 11.2 Å². The summed E-state index contributed by atoms with van der Waals surface area (Å²) in [5, 5.41) is 11.8. The van der Waals surface area contributed by atoms with Crippen LogP contribution in [0.3, 0.4) is 0 Å². The molecule has 0 aliphatic heterocycles. The third-order valence-electron chi connectivity index (χ3n) is 4.13. The first-order valence-corrected chi connectivity index (χ1v) is 7.97. The lowest BCUT2D eigenvalue weighted by molar-refractivity contribution is -0.142. The zero-order valence-corrected chi connectivity index (χ0v) is 13.8. The van der Waals surface area contributed by atoms with Gasteiger partial charge < -0.3 is 14.8 Å². The van der Waals surface area contributed by atoms with E-state index in [1.807, 2.05) is 13.8 Å². The van der Waals surface area contributed by atoms with Gasteiger partial charge in [0, 0.05) is 24.9 Å². The number of amides is 1. The van der Waals surface area contributed by atoms with Gasteiger partial charge in [0.2, 0.25) is 0 Å². The molecule has 1 aliphatic rings. The van der Waals surface area contributed by atoms with E-state index >= 15 is 0 Å². The van der Waals surface area contributed by atoms with Crippen molar-refractivity contribution in [2.45, 2.75) is 46.5 Å². The number of carbonyl (C=O) groups is 3. The van der Waals surface area contributed by atoms with Crippen molar-refractivity contribution in [3.63, 3.8) is 0 Å². The number of rotatable bonds is 6. The number of furan rings is 1. The van der Waals surface area contributed by atoms with Crippen LogP contribution in [0.5, 0.6) is 0 Å². The van der Waals surface area contributed by atoms with Gasteiger partial charge in [-0.2, -0.15) is 0 Å². The lowest BCUT2D eigenvalue weighted by Gasteiger charge is -2.15. The number of carboxylic acids is 1. The molecule has 0 spiro atoms. The molecule has 0 saturated carbocycles. The van der Waals surface area contributed by atoms with Crippen molar-refractivity contribution in [1.29, 1.82) is 0 Å². The van der Waals surface area contributed by atoms with Gasteiger partial charge in [-0.3, -0.25) is 14.4 Å². The third kappa shape index (κ3) is 3.81. The fourth-order valence-electron chi connectivity index (χ4n) is 3.00. The topological polar surface area (TPSA) is 96.6 Å². The molecule has 1 atom stereocenters. The summed E-state index contributed by atoms with van der Waals surface area (Å²) in [5.74, 6) is -1.09. The Kier molecular flexibility index (Phi) is 5.23. The highest BCUT2D eigenvalue weighted by atomic mass is 16.4. The maximum absolute atomic E-state index is 12.3. The molecule has 0 aromatic carbocycles. The average molecular weight is 321 g/mol. The summed E-state index contributed by atoms with van der Waals surface area (Å²) in [6.45, 7) is 5.62. The number of carbonyl (C=O) groups excluding carboxylic acids is 2. The highest BCUT2D eigenvalue weighted by Gasteiger charge is 2.29. The lowest BCUT2D eigenvalue weighted by Crippen LogP contribution is -2.33. The Morgan fingerprint density at radius 3 is 2.57 bits per heavy atom. The van der Waals surface area contributed by atoms with Gasteiger partial charge in [-0.1, -0.05) is 13.8 Å². The summed E-state index contributed by atoms with van der Waals surface area (Å²) in [4.78, 5) is 35.5. The number of nitrogens with one attached hydrogen (secondary N) is 1. The van der Waals surface area contributed by atoms with Crippen molar-refractivity contribution in [2.24, 2.45) is 11.8 Å². The van der Waals surface area contributed by atoms with Crippen molar-refractivity contribution in [3.8, 4) is 0 Å². The summed E-state index contributed by atoms with van der Waals surface area (Å²) in [6, 6.07) is 0. The summed E-state index contributed by atoms with van der Waals surface area (Å²) in [7, 11) is 0. The molecule has 1 aromatic rings. The molecule has 0 bridgehead atoms. The maximum atomic E-state index is 12.3. The van der Waals surface area contributed by atoms with Crippen LogP contribution in [0.25, 0.3) is 0 Å². The van der Waals surface area contributed by atoms with Gasteiger partial charge >= 0.3 is 5.97 Å². The van der Waals surface area contributed by atoms with E-state index in [0.29, 0.717) is 36.1 Å². The summed E-state index contributed by atoms with van der Waals surface area (Å²) in [6.07, 6.45) is 2.35. The van der Waals surface area contributed by atoms with Crippen LogP contribution < -0.4 is 5.32 Å². The predicted octanol–water partition coefficient (Wildman–Crippen LogP) is 2.58. The Balaban J connectivity index is 2.09. The minimum absolute atomic E-state index is 0.00905. The van der Waals surface area contributed by atoms with E-state index in [1.165, 1.54) is 0 Å². The van der Waals surface area contributed by atoms with Gasteiger partial charge in [-0.25, -0.2) is 0 Å². The molecule has 0 fully saturated rings. The van der Waals surface area contributed by atoms with Crippen molar-refractivity contribution < 1.29 is 23.9 Å². The highest BCUT2D eigenvalue weighted by molar-refractivity contribution is 6.03. The van der Waals surface area contributed by atoms with Crippen molar-refractivity contribution in [1.82, 2.24) is 5.32 Å². The molecule has 6 nitrogen and oxygen atoms in total. The Morgan fingerprint density at radius 1 is 1.30 bits per heavy atom. The Bertz CT molecular complexity index is 629. The largest absolute Gasteiger partial charge is 0.481 e. The Labute approximate surface area is 135 Å². The summed E-state index contributed by atoms with van der Waals surface area (Å²) in [5.41, 5.74) is 1.08. The van der Waals surface area contributed by atoms with Gasteiger partial charge in [0.1, 0.15) is 5.76 Å². The number of Topliss-reactive ketones (excluding diaryl/α,β-unsaturated/α-hetero) is 1. The maximum Gasteiger partial charge on any atom is 0.308 e. The van der Waals surface area contributed by atoms with Crippen LogP contribution in [0.15, 0.2) is 4.42 Å². The van der Waals surface area contributed by atoms with Gasteiger partial charge in [0.25, 0.3) is 5.91 Å². The molecule has 0 radical (unpaired) electrons. The first kappa shape index (κ1) is 17.2. The molecule has 2 rings (SSSR count). The van der Waals surface area contributed by atoms with Gasteiger partial charge in [0.15, 0.2) is 11.5 Å². The minimum atomic E-state index is -0.926. The van der Waals surface area contributed by atoms with E-state index in [-0.39, 0.29) is 24.0 Å². The van der Waals surface area contributed by atoms with Crippen LogP contribution in [0, 0.1) is 18.8 Å². The second-order valence-corrected chi connectivity index (χ2v) is 6.51.